The predicted molar refractivity (Wildman–Crippen MR) is 145 cm³/mol. The molecule has 0 radical (unpaired) electrons. The largest absolute Gasteiger partial charge is 2.00 e. The first-order valence-corrected chi connectivity index (χ1v) is 11.8. The molecule has 0 aromatic heterocycles. The maximum atomic E-state index is 11.4. The van der Waals surface area contributed by atoms with Gasteiger partial charge in [0.25, 0.3) is 0 Å². The summed E-state index contributed by atoms with van der Waals surface area (Å²) < 4.78 is 2.33. The fourth-order valence-corrected chi connectivity index (χ4v) is 3.24. The van der Waals surface area contributed by atoms with Crippen LogP contribution < -0.4 is 10.2 Å². The minimum Gasteiger partial charge on any atom is -0.872 e. The van der Waals surface area contributed by atoms with Crippen LogP contribution >= 0.6 is 45.2 Å². The molecular weight excluding hydrogens is 678 g/mol. The van der Waals surface area contributed by atoms with E-state index in [2.05, 4.69) is 55.2 Å². The Hall–Kier alpha value is -2.19. The second-order valence-electron chi connectivity index (χ2n) is 6.54. The van der Waals surface area contributed by atoms with E-state index in [1.54, 1.807) is 36.7 Å². The van der Waals surface area contributed by atoms with Gasteiger partial charge < -0.3 is 10.2 Å². The smallest absolute Gasteiger partial charge is 0.872 e. The summed E-state index contributed by atoms with van der Waals surface area (Å²) in [6.45, 7) is 0. The topological polar surface area (TPSA) is 70.8 Å². The summed E-state index contributed by atoms with van der Waals surface area (Å²) in [6, 6.07) is 29.3. The van der Waals surface area contributed by atoms with E-state index < -0.39 is 0 Å². The molecule has 0 heterocycles. The van der Waals surface area contributed by atoms with Crippen molar-refractivity contribution in [2.24, 2.45) is 9.98 Å². The summed E-state index contributed by atoms with van der Waals surface area (Å²) in [7, 11) is 0. The zero-order valence-electron chi connectivity index (χ0n) is 17.3. The molecule has 4 aromatic rings. The van der Waals surface area contributed by atoms with Crippen LogP contribution in [0.2, 0.25) is 0 Å². The molecule has 0 amide bonds. The number of hydrogen-bond donors (Lipinski definition) is 0. The second kappa shape index (κ2) is 14.2. The third kappa shape index (κ3) is 9.29. The molecule has 33 heavy (non-hydrogen) atoms. The second-order valence-corrected chi connectivity index (χ2v) is 9.04. The summed E-state index contributed by atoms with van der Waals surface area (Å²) in [5, 5.41) is 22.8. The van der Waals surface area contributed by atoms with Crippen LogP contribution in [0, 0.1) is 7.14 Å². The van der Waals surface area contributed by atoms with Crippen LogP contribution in [0.1, 0.15) is 11.1 Å². The SMILES string of the molecule is [Cr+2].[O-]c1ccccc1C=Nc1ccc(I)cc1.[O-]c1ccccc1C=Nc1ccc(I)cc1. The van der Waals surface area contributed by atoms with E-state index in [0.29, 0.717) is 11.1 Å². The Balaban J connectivity index is 0.000000227. The maximum Gasteiger partial charge on any atom is 2.00 e. The summed E-state index contributed by atoms with van der Waals surface area (Å²) in [4.78, 5) is 8.50. The quantitative estimate of drug-likeness (QED) is 0.188. The van der Waals surface area contributed by atoms with Gasteiger partial charge in [0.05, 0.1) is 11.4 Å². The Bertz CT molecular complexity index is 1110. The van der Waals surface area contributed by atoms with E-state index in [9.17, 15) is 10.2 Å². The molecule has 0 saturated heterocycles. The normalized spacial score (nSPS) is 10.5. The van der Waals surface area contributed by atoms with E-state index in [0.717, 1.165) is 11.4 Å². The van der Waals surface area contributed by atoms with E-state index in [4.69, 9.17) is 0 Å². The van der Waals surface area contributed by atoms with Gasteiger partial charge in [-0.3, -0.25) is 9.98 Å². The van der Waals surface area contributed by atoms with Crippen LogP contribution in [0.4, 0.5) is 11.4 Å². The van der Waals surface area contributed by atoms with Gasteiger partial charge >= 0.3 is 17.4 Å². The van der Waals surface area contributed by atoms with E-state index in [1.165, 1.54) is 19.3 Å². The number of halogens is 2. The van der Waals surface area contributed by atoms with Crippen LogP contribution in [0.3, 0.4) is 0 Å². The molecule has 0 aliphatic rings. The van der Waals surface area contributed by atoms with Crippen molar-refractivity contribution >= 4 is 69.0 Å². The molecule has 0 aliphatic carbocycles. The Morgan fingerprint density at radius 3 is 1.18 bits per heavy atom. The average molecular weight is 696 g/mol. The van der Waals surface area contributed by atoms with Crippen molar-refractivity contribution < 1.29 is 27.6 Å². The van der Waals surface area contributed by atoms with Gasteiger partial charge in [0.15, 0.2) is 0 Å². The van der Waals surface area contributed by atoms with Gasteiger partial charge in [-0.2, -0.15) is 0 Å². The fourth-order valence-electron chi connectivity index (χ4n) is 2.52. The van der Waals surface area contributed by atoms with Crippen molar-refractivity contribution in [1.82, 2.24) is 0 Å². The molecule has 0 aliphatic heterocycles. The van der Waals surface area contributed by atoms with Gasteiger partial charge in [-0.15, -0.1) is 11.5 Å². The van der Waals surface area contributed by atoms with Crippen molar-refractivity contribution in [3.8, 4) is 11.5 Å². The van der Waals surface area contributed by atoms with Gasteiger partial charge in [-0.05, 0) is 105 Å². The van der Waals surface area contributed by atoms with Gasteiger partial charge in [0.2, 0.25) is 0 Å². The molecule has 0 fully saturated rings. The molecular formula is C26H18CrI2N2O2. The third-order valence-electron chi connectivity index (χ3n) is 4.20. The van der Waals surface area contributed by atoms with Crippen LogP contribution in [-0.4, -0.2) is 12.4 Å². The molecule has 0 bridgehead atoms. The Labute approximate surface area is 231 Å². The molecule has 0 atom stereocenters. The first-order valence-electron chi connectivity index (χ1n) is 9.62. The summed E-state index contributed by atoms with van der Waals surface area (Å²) in [5.41, 5.74) is 2.93. The average Bonchev–Trinajstić information content (AvgIpc) is 2.81. The first-order chi connectivity index (χ1) is 15.5. The van der Waals surface area contributed by atoms with E-state index in [-0.39, 0.29) is 28.9 Å². The molecule has 164 valence electrons. The summed E-state index contributed by atoms with van der Waals surface area (Å²) in [5.74, 6) is -0.00600. The Morgan fingerprint density at radius 2 is 0.848 bits per heavy atom. The molecule has 0 unspecified atom stereocenters. The van der Waals surface area contributed by atoms with Crippen LogP contribution in [0.15, 0.2) is 107 Å². The minimum absolute atomic E-state index is 0. The van der Waals surface area contributed by atoms with E-state index >= 15 is 0 Å². The van der Waals surface area contributed by atoms with E-state index in [1.807, 2.05) is 60.7 Å². The zero-order valence-corrected chi connectivity index (χ0v) is 22.9. The number of nitrogens with zero attached hydrogens (tertiary/aromatic N) is 2. The number of benzene rings is 4. The van der Waals surface area contributed by atoms with Crippen molar-refractivity contribution in [3.05, 3.63) is 115 Å². The van der Waals surface area contributed by atoms with Gasteiger partial charge in [0.1, 0.15) is 0 Å². The predicted octanol–water partition coefficient (Wildman–Crippen LogP) is 6.23. The fraction of sp³-hybridized carbons (Fsp3) is 0. The van der Waals surface area contributed by atoms with Gasteiger partial charge in [-0.1, -0.05) is 48.5 Å². The number of rotatable bonds is 4. The van der Waals surface area contributed by atoms with Gasteiger partial charge in [-0.25, -0.2) is 0 Å². The standard InChI is InChI=1S/2C13H10INO.Cr/c2*14-11-5-7-12(8-6-11)15-9-10-3-1-2-4-13(10)16;/h2*1-9,16H;/q;;+2/p-2. The molecule has 4 rings (SSSR count). The van der Waals surface area contributed by atoms with Crippen molar-refractivity contribution in [2.75, 3.05) is 0 Å². The molecule has 4 nitrogen and oxygen atoms in total. The maximum absolute atomic E-state index is 11.4. The summed E-state index contributed by atoms with van der Waals surface area (Å²) >= 11 is 4.48. The Kier molecular flexibility index (Phi) is 11.6. The Morgan fingerprint density at radius 1 is 0.515 bits per heavy atom. The van der Waals surface area contributed by atoms with Crippen molar-refractivity contribution in [3.63, 3.8) is 0 Å². The molecule has 0 saturated carbocycles. The number of hydrogen-bond acceptors (Lipinski definition) is 4. The molecule has 4 aromatic carbocycles. The minimum atomic E-state index is -0.00300. The van der Waals surface area contributed by atoms with Gasteiger partial charge in [0, 0.05) is 19.6 Å². The molecule has 0 spiro atoms. The van der Waals surface area contributed by atoms with Crippen molar-refractivity contribution in [2.45, 2.75) is 0 Å². The van der Waals surface area contributed by atoms with Crippen molar-refractivity contribution in [1.29, 1.82) is 0 Å². The number of aliphatic imine (C=N–C) groups is 2. The monoisotopic (exact) mass is 696 g/mol. The third-order valence-corrected chi connectivity index (χ3v) is 5.64. The molecule has 7 heteroatoms. The first kappa shape index (κ1) is 27.1. The zero-order chi connectivity index (χ0) is 22.8. The molecule has 0 N–H and O–H groups in total. The van der Waals surface area contributed by atoms with Crippen LogP contribution in [-0.2, 0) is 17.4 Å². The summed E-state index contributed by atoms with van der Waals surface area (Å²) in [6.07, 6.45) is 3.20. The van der Waals surface area contributed by atoms with Crippen LogP contribution in [0.5, 0.6) is 11.5 Å². The number of para-hydroxylation sites is 2. The van der Waals surface area contributed by atoms with Crippen LogP contribution in [0.25, 0.3) is 0 Å².